The van der Waals surface area contributed by atoms with E-state index in [2.05, 4.69) is 0 Å². The van der Waals surface area contributed by atoms with Crippen molar-refractivity contribution in [2.75, 3.05) is 0 Å². The summed E-state index contributed by atoms with van der Waals surface area (Å²) < 4.78 is 5.57. The van der Waals surface area contributed by atoms with E-state index in [1.54, 1.807) is 24.3 Å². The summed E-state index contributed by atoms with van der Waals surface area (Å²) in [4.78, 5) is 24.6. The van der Waals surface area contributed by atoms with E-state index in [9.17, 15) is 14.7 Å². The van der Waals surface area contributed by atoms with Gasteiger partial charge in [-0.25, -0.2) is 0 Å². The minimum absolute atomic E-state index is 0.198. The maximum atomic E-state index is 13.0. The molecule has 0 spiro atoms. The molecular weight excluding hydrogens is 304 g/mol. The smallest absolute Gasteiger partial charge is 0.318 e. The molecule has 0 unspecified atom stereocenters. The fourth-order valence-corrected chi connectivity index (χ4v) is 3.43. The first-order valence-corrected chi connectivity index (χ1v) is 8.32. The summed E-state index contributed by atoms with van der Waals surface area (Å²) in [7, 11) is 0. The van der Waals surface area contributed by atoms with Crippen molar-refractivity contribution in [3.05, 3.63) is 30.3 Å². The quantitative estimate of drug-likeness (QED) is 0.592. The Morgan fingerprint density at radius 1 is 0.917 bits per heavy atom. The van der Waals surface area contributed by atoms with Gasteiger partial charge in [0, 0.05) is 0 Å². The van der Waals surface area contributed by atoms with Gasteiger partial charge >= 0.3 is 11.9 Å². The Morgan fingerprint density at radius 2 is 1.38 bits per heavy atom. The zero-order chi connectivity index (χ0) is 18.6. The number of aliphatic carboxylic acids is 1. The lowest BCUT2D eigenvalue weighted by atomic mass is 9.64. The number of carboxylic acids is 1. The fourth-order valence-electron chi connectivity index (χ4n) is 3.43. The zero-order valence-corrected chi connectivity index (χ0v) is 15.7. The third-order valence-electron chi connectivity index (χ3n) is 3.61. The lowest BCUT2D eigenvalue weighted by molar-refractivity contribution is -0.157. The molecule has 0 saturated carbocycles. The highest BCUT2D eigenvalue weighted by Crippen LogP contribution is 2.45. The predicted molar refractivity (Wildman–Crippen MR) is 94.9 cm³/mol. The van der Waals surface area contributed by atoms with Crippen LogP contribution in [-0.2, 0) is 9.59 Å². The molecule has 0 aromatic heterocycles. The van der Waals surface area contributed by atoms with E-state index in [1.165, 1.54) is 0 Å². The van der Waals surface area contributed by atoms with Gasteiger partial charge in [0.25, 0.3) is 0 Å². The van der Waals surface area contributed by atoms with Gasteiger partial charge in [-0.05, 0) is 35.8 Å². The fraction of sp³-hybridized carbons (Fsp3) is 0.600. The first kappa shape index (κ1) is 20.2. The van der Waals surface area contributed by atoms with E-state index in [4.69, 9.17) is 4.74 Å². The SMILES string of the molecule is CC(C)(C)CC(CC(=O)O)(CC(C)(C)C)C(=O)Oc1ccccc1. The monoisotopic (exact) mass is 334 g/mol. The molecule has 1 aromatic rings. The zero-order valence-electron chi connectivity index (χ0n) is 15.7. The van der Waals surface area contributed by atoms with Crippen molar-refractivity contribution in [3.63, 3.8) is 0 Å². The molecule has 0 bridgehead atoms. The summed E-state index contributed by atoms with van der Waals surface area (Å²) in [5.41, 5.74) is -1.45. The Labute approximate surface area is 145 Å². The number of rotatable bonds is 6. The number of carboxylic acid groups (broad SMARTS) is 1. The van der Waals surface area contributed by atoms with Gasteiger partial charge in [-0.2, -0.15) is 0 Å². The summed E-state index contributed by atoms with van der Waals surface area (Å²) in [6.07, 6.45) is 0.678. The molecule has 0 radical (unpaired) electrons. The van der Waals surface area contributed by atoms with Crippen LogP contribution >= 0.6 is 0 Å². The van der Waals surface area contributed by atoms with E-state index >= 15 is 0 Å². The number of carbonyl (C=O) groups excluding carboxylic acids is 1. The van der Waals surface area contributed by atoms with Crippen LogP contribution in [-0.4, -0.2) is 17.0 Å². The van der Waals surface area contributed by atoms with Gasteiger partial charge < -0.3 is 9.84 Å². The van der Waals surface area contributed by atoms with Crippen molar-refractivity contribution in [1.29, 1.82) is 0 Å². The molecule has 0 atom stereocenters. The van der Waals surface area contributed by atoms with Crippen LogP contribution in [0.4, 0.5) is 0 Å². The molecule has 1 rings (SSSR count). The maximum Gasteiger partial charge on any atom is 0.318 e. The highest BCUT2D eigenvalue weighted by Gasteiger charge is 2.47. The standard InChI is InChI=1S/C20H30O4/c1-18(2,3)13-20(12-16(21)22,14-19(4,5)6)17(23)24-15-10-8-7-9-11-15/h7-11H,12-14H2,1-6H3,(H,21,22). The lowest BCUT2D eigenvalue weighted by Gasteiger charge is -2.39. The molecule has 1 aromatic carbocycles. The molecule has 0 fully saturated rings. The molecule has 4 heteroatoms. The summed E-state index contributed by atoms with van der Waals surface area (Å²) >= 11 is 0. The van der Waals surface area contributed by atoms with Gasteiger partial charge in [0.05, 0.1) is 11.8 Å². The van der Waals surface area contributed by atoms with Crippen molar-refractivity contribution in [3.8, 4) is 5.75 Å². The Kier molecular flexibility index (Phi) is 6.20. The van der Waals surface area contributed by atoms with E-state index in [0.717, 1.165) is 0 Å². The van der Waals surface area contributed by atoms with E-state index in [1.807, 2.05) is 47.6 Å². The van der Waals surface area contributed by atoms with Crippen molar-refractivity contribution < 1.29 is 19.4 Å². The average molecular weight is 334 g/mol. The van der Waals surface area contributed by atoms with Gasteiger partial charge in [-0.15, -0.1) is 0 Å². The van der Waals surface area contributed by atoms with Gasteiger partial charge in [0.2, 0.25) is 0 Å². The molecular formula is C20H30O4. The molecule has 0 heterocycles. The van der Waals surface area contributed by atoms with Crippen LogP contribution in [0.2, 0.25) is 0 Å². The Morgan fingerprint density at radius 3 is 1.75 bits per heavy atom. The first-order chi connectivity index (χ1) is 10.8. The molecule has 24 heavy (non-hydrogen) atoms. The molecule has 1 N–H and O–H groups in total. The first-order valence-electron chi connectivity index (χ1n) is 8.32. The summed E-state index contributed by atoms with van der Waals surface area (Å²) in [6, 6.07) is 8.82. The topological polar surface area (TPSA) is 63.6 Å². The number of ether oxygens (including phenoxy) is 1. The van der Waals surface area contributed by atoms with Crippen LogP contribution in [0.25, 0.3) is 0 Å². The van der Waals surface area contributed by atoms with Crippen LogP contribution in [0.1, 0.15) is 60.8 Å². The Bertz CT molecular complexity index is 546. The van der Waals surface area contributed by atoms with Crippen LogP contribution in [0.5, 0.6) is 5.75 Å². The highest BCUT2D eigenvalue weighted by molar-refractivity contribution is 5.84. The summed E-state index contributed by atoms with van der Waals surface area (Å²) in [5, 5.41) is 9.45. The summed E-state index contributed by atoms with van der Waals surface area (Å²) in [5.74, 6) is -0.991. The molecule has 134 valence electrons. The Hall–Kier alpha value is -1.84. The van der Waals surface area contributed by atoms with Gasteiger partial charge in [-0.3, -0.25) is 9.59 Å². The number of esters is 1. The number of para-hydroxylation sites is 1. The molecule has 0 aliphatic carbocycles. The van der Waals surface area contributed by atoms with Crippen LogP contribution < -0.4 is 4.74 Å². The Balaban J connectivity index is 3.25. The van der Waals surface area contributed by atoms with Gasteiger partial charge in [0.1, 0.15) is 5.75 Å². The maximum absolute atomic E-state index is 13.0. The van der Waals surface area contributed by atoms with Crippen LogP contribution in [0.3, 0.4) is 0 Å². The molecule has 0 aliphatic heterocycles. The van der Waals surface area contributed by atoms with Gasteiger partial charge in [-0.1, -0.05) is 59.7 Å². The minimum atomic E-state index is -1.06. The third-order valence-corrected chi connectivity index (χ3v) is 3.61. The normalized spacial score (nSPS) is 12.8. The molecule has 0 amide bonds. The lowest BCUT2D eigenvalue weighted by Crippen LogP contribution is -2.42. The van der Waals surface area contributed by atoms with E-state index in [0.29, 0.717) is 18.6 Å². The van der Waals surface area contributed by atoms with Crippen molar-refractivity contribution in [2.45, 2.75) is 60.8 Å². The van der Waals surface area contributed by atoms with Crippen LogP contribution in [0, 0.1) is 16.2 Å². The van der Waals surface area contributed by atoms with Gasteiger partial charge in [0.15, 0.2) is 0 Å². The minimum Gasteiger partial charge on any atom is -0.481 e. The number of hydrogen-bond acceptors (Lipinski definition) is 3. The van der Waals surface area contributed by atoms with Crippen molar-refractivity contribution >= 4 is 11.9 Å². The average Bonchev–Trinajstić information content (AvgIpc) is 2.34. The molecule has 4 nitrogen and oxygen atoms in total. The second-order valence-electron chi connectivity index (χ2n) is 9.03. The largest absolute Gasteiger partial charge is 0.481 e. The predicted octanol–water partition coefficient (Wildman–Crippen LogP) is 4.93. The second kappa shape index (κ2) is 7.37. The third kappa shape index (κ3) is 6.73. The molecule has 0 aliphatic rings. The van der Waals surface area contributed by atoms with Crippen molar-refractivity contribution in [1.82, 2.24) is 0 Å². The van der Waals surface area contributed by atoms with E-state index in [-0.39, 0.29) is 17.3 Å². The summed E-state index contributed by atoms with van der Waals surface area (Å²) in [6.45, 7) is 12.1. The van der Waals surface area contributed by atoms with E-state index < -0.39 is 17.4 Å². The highest BCUT2D eigenvalue weighted by atomic mass is 16.5. The van der Waals surface area contributed by atoms with Crippen LogP contribution in [0.15, 0.2) is 30.3 Å². The number of hydrogen-bond donors (Lipinski definition) is 1. The number of benzene rings is 1. The van der Waals surface area contributed by atoms with Crippen molar-refractivity contribution in [2.24, 2.45) is 16.2 Å². The molecule has 0 saturated heterocycles. The second-order valence-corrected chi connectivity index (χ2v) is 9.03. The number of carbonyl (C=O) groups is 2.